The molecule has 2 N–H and O–H groups in total. The predicted octanol–water partition coefficient (Wildman–Crippen LogP) is 1.32. The van der Waals surface area contributed by atoms with Crippen LogP contribution < -0.4 is 10.1 Å². The zero-order valence-electron chi connectivity index (χ0n) is 11.3. The number of β-amino-alcohol motifs (C(OH)–C–C–N with tert-alkyl or cyclic N) is 1. The molecule has 1 heterocycles. The fourth-order valence-electron chi connectivity index (χ4n) is 2.44. The third-order valence-electron chi connectivity index (χ3n) is 3.49. The number of aryl methyl sites for hydroxylation is 1. The maximum Gasteiger partial charge on any atom is 0.318 e. The van der Waals surface area contributed by atoms with Gasteiger partial charge in [-0.15, -0.1) is 0 Å². The van der Waals surface area contributed by atoms with Crippen LogP contribution in [-0.2, 0) is 6.42 Å². The van der Waals surface area contributed by atoms with Gasteiger partial charge in [0.1, 0.15) is 5.75 Å². The monoisotopic (exact) mass is 264 g/mol. The highest BCUT2D eigenvalue weighted by atomic mass is 16.5. The van der Waals surface area contributed by atoms with Crippen molar-refractivity contribution < 1.29 is 14.6 Å². The van der Waals surface area contributed by atoms with Crippen LogP contribution >= 0.6 is 0 Å². The molecule has 1 aromatic carbocycles. The van der Waals surface area contributed by atoms with Crippen LogP contribution in [0.5, 0.6) is 5.75 Å². The summed E-state index contributed by atoms with van der Waals surface area (Å²) in [6.07, 6.45) is 0.936. The third kappa shape index (κ3) is 2.66. The summed E-state index contributed by atoms with van der Waals surface area (Å²) in [7, 11) is 1.63. The number of hydrogen-bond donors (Lipinski definition) is 2. The van der Waals surface area contributed by atoms with Crippen molar-refractivity contribution in [1.82, 2.24) is 10.2 Å². The van der Waals surface area contributed by atoms with E-state index >= 15 is 0 Å². The third-order valence-corrected chi connectivity index (χ3v) is 3.49. The first kappa shape index (κ1) is 13.7. The molecular weight excluding hydrogens is 244 g/mol. The molecule has 1 aromatic rings. The Labute approximate surface area is 113 Å². The van der Waals surface area contributed by atoms with E-state index in [0.717, 1.165) is 17.7 Å². The van der Waals surface area contributed by atoms with Crippen molar-refractivity contribution in [2.45, 2.75) is 19.4 Å². The van der Waals surface area contributed by atoms with Crippen LogP contribution in [0.25, 0.3) is 0 Å². The number of aliphatic hydroxyl groups excluding tert-OH is 1. The molecule has 1 fully saturated rings. The Hall–Kier alpha value is -1.75. The van der Waals surface area contributed by atoms with Gasteiger partial charge in [-0.2, -0.15) is 0 Å². The highest BCUT2D eigenvalue weighted by molar-refractivity contribution is 5.77. The number of carbonyl (C=O) groups excluding carboxylic acids is 1. The van der Waals surface area contributed by atoms with Crippen molar-refractivity contribution in [3.63, 3.8) is 0 Å². The van der Waals surface area contributed by atoms with Crippen LogP contribution in [0.15, 0.2) is 18.2 Å². The van der Waals surface area contributed by atoms with Crippen molar-refractivity contribution in [1.29, 1.82) is 0 Å². The van der Waals surface area contributed by atoms with Gasteiger partial charge >= 0.3 is 6.03 Å². The topological polar surface area (TPSA) is 61.8 Å². The lowest BCUT2D eigenvalue weighted by Crippen LogP contribution is -2.32. The minimum atomic E-state index is -0.136. The Morgan fingerprint density at radius 3 is 2.95 bits per heavy atom. The van der Waals surface area contributed by atoms with E-state index in [0.29, 0.717) is 13.1 Å². The molecule has 104 valence electrons. The summed E-state index contributed by atoms with van der Waals surface area (Å²) < 4.78 is 5.39. The summed E-state index contributed by atoms with van der Waals surface area (Å²) in [5.74, 6) is 0.779. The molecule has 19 heavy (non-hydrogen) atoms. The fraction of sp³-hybridized carbons (Fsp3) is 0.500. The number of rotatable bonds is 5. The number of hydrogen-bond acceptors (Lipinski definition) is 3. The van der Waals surface area contributed by atoms with Crippen molar-refractivity contribution >= 4 is 6.03 Å². The van der Waals surface area contributed by atoms with Crippen LogP contribution in [0.2, 0.25) is 0 Å². The number of nitrogens with zero attached hydrogens (tertiary/aromatic N) is 1. The van der Waals surface area contributed by atoms with E-state index in [4.69, 9.17) is 9.84 Å². The number of urea groups is 1. The van der Waals surface area contributed by atoms with Gasteiger partial charge in [-0.1, -0.05) is 13.0 Å². The summed E-state index contributed by atoms with van der Waals surface area (Å²) in [6.45, 7) is 2.92. The Balaban J connectivity index is 2.36. The molecule has 0 bridgehead atoms. The van der Waals surface area contributed by atoms with Crippen LogP contribution in [0.3, 0.4) is 0 Å². The lowest BCUT2D eigenvalue weighted by atomic mass is 10.0. The molecule has 1 unspecified atom stereocenters. The molecule has 1 saturated heterocycles. The Morgan fingerprint density at radius 2 is 2.32 bits per heavy atom. The zero-order chi connectivity index (χ0) is 13.8. The maximum absolute atomic E-state index is 11.8. The van der Waals surface area contributed by atoms with E-state index in [2.05, 4.69) is 18.3 Å². The SMILES string of the molecule is CCc1ccc(OC)c(C2CNC(=O)N2CCO)c1. The maximum atomic E-state index is 11.8. The van der Waals surface area contributed by atoms with Crippen LogP contribution in [0.1, 0.15) is 24.1 Å². The minimum Gasteiger partial charge on any atom is -0.496 e. The van der Waals surface area contributed by atoms with Gasteiger partial charge in [0, 0.05) is 18.7 Å². The number of nitrogens with one attached hydrogen (secondary N) is 1. The van der Waals surface area contributed by atoms with Crippen molar-refractivity contribution in [3.8, 4) is 5.75 Å². The quantitative estimate of drug-likeness (QED) is 0.843. The van der Waals surface area contributed by atoms with Crippen molar-refractivity contribution in [3.05, 3.63) is 29.3 Å². The number of methoxy groups -OCH3 is 1. The van der Waals surface area contributed by atoms with Gasteiger partial charge in [0.15, 0.2) is 0 Å². The average molecular weight is 264 g/mol. The summed E-state index contributed by atoms with van der Waals surface area (Å²) in [5.41, 5.74) is 2.20. The van der Waals surface area contributed by atoms with E-state index in [1.807, 2.05) is 12.1 Å². The van der Waals surface area contributed by atoms with E-state index in [-0.39, 0.29) is 18.7 Å². The molecule has 0 aliphatic carbocycles. The summed E-state index contributed by atoms with van der Waals surface area (Å²) >= 11 is 0. The molecule has 2 rings (SSSR count). The van der Waals surface area contributed by atoms with Gasteiger partial charge in [0.2, 0.25) is 0 Å². The number of ether oxygens (including phenoxy) is 1. The van der Waals surface area contributed by atoms with Gasteiger partial charge < -0.3 is 20.1 Å². The van der Waals surface area contributed by atoms with Gasteiger partial charge in [0.05, 0.1) is 19.8 Å². The predicted molar refractivity (Wildman–Crippen MR) is 72.3 cm³/mol. The molecule has 0 aromatic heterocycles. The average Bonchev–Trinajstić information content (AvgIpc) is 2.80. The molecule has 0 spiro atoms. The largest absolute Gasteiger partial charge is 0.496 e. The molecule has 5 nitrogen and oxygen atoms in total. The molecule has 0 saturated carbocycles. The molecule has 5 heteroatoms. The highest BCUT2D eigenvalue weighted by Crippen LogP contribution is 2.32. The first-order chi connectivity index (χ1) is 9.21. The van der Waals surface area contributed by atoms with Crippen LogP contribution in [0, 0.1) is 0 Å². The summed E-state index contributed by atoms with van der Waals surface area (Å²) in [4.78, 5) is 13.4. The van der Waals surface area contributed by atoms with Crippen LogP contribution in [-0.4, -0.2) is 42.8 Å². The molecular formula is C14H20N2O3. The smallest absolute Gasteiger partial charge is 0.318 e. The van der Waals surface area contributed by atoms with E-state index < -0.39 is 0 Å². The first-order valence-electron chi connectivity index (χ1n) is 6.53. The van der Waals surface area contributed by atoms with Gasteiger partial charge in [0.25, 0.3) is 0 Å². The van der Waals surface area contributed by atoms with Gasteiger partial charge in [-0.25, -0.2) is 4.79 Å². The normalized spacial score (nSPS) is 18.6. The van der Waals surface area contributed by atoms with Crippen molar-refractivity contribution in [2.24, 2.45) is 0 Å². The number of aliphatic hydroxyl groups is 1. The highest BCUT2D eigenvalue weighted by Gasteiger charge is 2.33. The Bertz CT molecular complexity index is 462. The van der Waals surface area contributed by atoms with E-state index in [1.54, 1.807) is 12.0 Å². The minimum absolute atomic E-state index is 0.0420. The molecule has 1 aliphatic rings. The first-order valence-corrected chi connectivity index (χ1v) is 6.53. The Morgan fingerprint density at radius 1 is 1.53 bits per heavy atom. The molecule has 2 amide bonds. The van der Waals surface area contributed by atoms with Gasteiger partial charge in [-0.3, -0.25) is 0 Å². The number of carbonyl (C=O) groups is 1. The Kier molecular flexibility index (Phi) is 4.27. The zero-order valence-corrected chi connectivity index (χ0v) is 11.3. The standard InChI is InChI=1S/C14H20N2O3/c1-3-10-4-5-13(19-2)11(8-10)12-9-15-14(18)16(12)6-7-17/h4-5,8,12,17H,3,6-7,9H2,1-2H3,(H,15,18). The summed E-state index contributed by atoms with van der Waals surface area (Å²) in [5, 5.41) is 11.9. The summed E-state index contributed by atoms with van der Waals surface area (Å²) in [6, 6.07) is 5.83. The number of amides is 2. The van der Waals surface area contributed by atoms with Crippen molar-refractivity contribution in [2.75, 3.05) is 26.8 Å². The van der Waals surface area contributed by atoms with E-state index in [1.165, 1.54) is 5.56 Å². The fourth-order valence-corrected chi connectivity index (χ4v) is 2.44. The van der Waals surface area contributed by atoms with E-state index in [9.17, 15) is 4.79 Å². The second kappa shape index (κ2) is 5.93. The van der Waals surface area contributed by atoms with Gasteiger partial charge in [-0.05, 0) is 24.1 Å². The second-order valence-electron chi connectivity index (χ2n) is 4.55. The lowest BCUT2D eigenvalue weighted by molar-refractivity contribution is 0.178. The lowest BCUT2D eigenvalue weighted by Gasteiger charge is -2.24. The second-order valence-corrected chi connectivity index (χ2v) is 4.55. The molecule has 0 radical (unpaired) electrons. The van der Waals surface area contributed by atoms with Crippen LogP contribution in [0.4, 0.5) is 4.79 Å². The molecule has 1 aliphatic heterocycles. The molecule has 1 atom stereocenters. The number of benzene rings is 1.